The number of esters is 2. The van der Waals surface area contributed by atoms with Crippen molar-refractivity contribution in [3.05, 3.63) is 0 Å². The van der Waals surface area contributed by atoms with Gasteiger partial charge in [0, 0.05) is 79.0 Å². The molecule has 43 heavy (non-hydrogen) atoms. The van der Waals surface area contributed by atoms with Crippen LogP contribution in [0, 0.1) is 39.9 Å². The van der Waals surface area contributed by atoms with Crippen LogP contribution in [0.4, 0.5) is 0 Å². The van der Waals surface area contributed by atoms with Crippen molar-refractivity contribution < 1.29 is 108 Å². The number of carbonyl (C=O) groups excluding carboxylic acids is 4. The maximum Gasteiger partial charge on any atom is 0.323 e. The van der Waals surface area contributed by atoms with Crippen LogP contribution in [-0.2, 0) is 47.8 Å². The quantitative estimate of drug-likeness (QED) is 0.0785. The Morgan fingerprint density at radius 3 is 1.00 bits per heavy atom. The first-order valence-electron chi connectivity index (χ1n) is 12.9. The zero-order valence-corrected chi connectivity index (χ0v) is 26.2. The molecular formula is C24H38GdN4O14. The van der Waals surface area contributed by atoms with E-state index in [4.69, 9.17) is 29.9 Å². The summed E-state index contributed by atoms with van der Waals surface area (Å²) in [6.07, 6.45) is 0.166. The van der Waals surface area contributed by atoms with Gasteiger partial charge in [-0.3, -0.25) is 48.2 Å². The molecule has 246 valence electrons. The van der Waals surface area contributed by atoms with Gasteiger partial charge in [-0.1, -0.05) is 13.8 Å². The number of carboxylic acid groups (broad SMARTS) is 4. The predicted octanol–water partition coefficient (Wildman–Crippen LogP) is -2.51. The third-order valence-corrected chi connectivity index (χ3v) is 5.38. The zero-order chi connectivity index (χ0) is 32.2. The van der Waals surface area contributed by atoms with E-state index in [2.05, 4.69) is 0 Å². The minimum atomic E-state index is -1.44. The first kappa shape index (κ1) is 42.1. The Balaban J connectivity index is 0. The number of ether oxygens (including phenoxy) is 2. The van der Waals surface area contributed by atoms with Gasteiger partial charge >= 0.3 is 35.8 Å². The third-order valence-electron chi connectivity index (χ3n) is 5.38. The topological polar surface area (TPSA) is 249 Å². The van der Waals surface area contributed by atoms with E-state index in [1.807, 2.05) is 0 Å². The summed E-state index contributed by atoms with van der Waals surface area (Å²) in [5.41, 5.74) is 0. The van der Waals surface area contributed by atoms with Crippen LogP contribution in [-0.4, -0.2) is 166 Å². The maximum absolute atomic E-state index is 12.8. The Morgan fingerprint density at radius 2 is 0.767 bits per heavy atom. The largest absolute Gasteiger partial charge is 0.480 e. The van der Waals surface area contributed by atoms with Gasteiger partial charge < -0.3 is 39.7 Å². The molecule has 0 aliphatic carbocycles. The minimum absolute atomic E-state index is 0. The number of hydrogen-bond donors (Lipinski definition) is 4. The molecule has 19 heteroatoms. The fourth-order valence-electron chi connectivity index (χ4n) is 3.30. The van der Waals surface area contributed by atoms with E-state index in [9.17, 15) is 38.4 Å². The summed E-state index contributed by atoms with van der Waals surface area (Å²) in [5.74, 6) is -8.51. The van der Waals surface area contributed by atoms with Crippen molar-refractivity contribution in [1.29, 1.82) is 0 Å². The molecule has 0 rings (SSSR count). The van der Waals surface area contributed by atoms with Crippen molar-refractivity contribution in [2.24, 2.45) is 0 Å². The molecule has 4 N–H and O–H groups in total. The Kier molecular flexibility index (Phi) is 23.0. The number of nitrogens with zero attached hydrogens (tertiary/aromatic N) is 4. The first-order chi connectivity index (χ1) is 19.7. The molecule has 0 aliphatic heterocycles. The van der Waals surface area contributed by atoms with E-state index >= 15 is 0 Å². The molecule has 2 amide bonds. The third kappa shape index (κ3) is 21.4. The number of rotatable bonds is 23. The molecule has 0 unspecified atom stereocenters. The summed E-state index contributed by atoms with van der Waals surface area (Å²) >= 11 is 0. The monoisotopic (exact) mass is 764 g/mol. The second-order valence-corrected chi connectivity index (χ2v) is 8.77. The molecule has 0 saturated heterocycles. The van der Waals surface area contributed by atoms with Crippen LogP contribution in [0.15, 0.2) is 0 Å². The van der Waals surface area contributed by atoms with E-state index in [1.165, 1.54) is 9.80 Å². The van der Waals surface area contributed by atoms with Gasteiger partial charge in [-0.2, -0.15) is 0 Å². The van der Waals surface area contributed by atoms with E-state index in [0.717, 1.165) is 0 Å². The number of aliphatic carboxylic acids is 4. The molecule has 0 spiro atoms. The van der Waals surface area contributed by atoms with Crippen molar-refractivity contribution in [2.75, 3.05) is 78.7 Å². The summed E-state index contributed by atoms with van der Waals surface area (Å²) in [4.78, 5) is 97.2. The first-order valence-corrected chi connectivity index (χ1v) is 12.9. The molecule has 0 aromatic carbocycles. The Bertz CT molecular complexity index is 872. The SMILES string of the molecule is CCC(=O)OCCN(CCN(CCOC(=O)CC)CC(=O)N(CC(=O)O)CC(=O)O)CC(=O)N(CC(=O)O)CC(=O)O.[Gd]. The molecule has 0 radical (unpaired) electrons. The van der Waals surface area contributed by atoms with E-state index in [1.54, 1.807) is 13.8 Å². The Morgan fingerprint density at radius 1 is 0.488 bits per heavy atom. The van der Waals surface area contributed by atoms with Gasteiger partial charge in [-0.15, -0.1) is 0 Å². The van der Waals surface area contributed by atoms with Gasteiger partial charge in [0.1, 0.15) is 39.4 Å². The molecule has 0 bridgehead atoms. The smallest absolute Gasteiger partial charge is 0.323 e. The maximum atomic E-state index is 12.8. The van der Waals surface area contributed by atoms with Crippen molar-refractivity contribution >= 4 is 47.6 Å². The molecule has 0 atom stereocenters. The Labute approximate surface area is 279 Å². The average Bonchev–Trinajstić information content (AvgIpc) is 2.88. The number of carbonyl (C=O) groups is 8. The van der Waals surface area contributed by atoms with Crippen LogP contribution in [0.1, 0.15) is 26.7 Å². The van der Waals surface area contributed by atoms with Gasteiger partial charge in [-0.25, -0.2) is 0 Å². The second kappa shape index (κ2) is 23.5. The fraction of sp³-hybridized carbons (Fsp3) is 0.667. The normalized spacial score (nSPS) is 10.4. The van der Waals surface area contributed by atoms with E-state index in [-0.39, 0.29) is 92.2 Å². The molecule has 0 heterocycles. The van der Waals surface area contributed by atoms with Crippen molar-refractivity contribution in [1.82, 2.24) is 19.6 Å². The van der Waals surface area contributed by atoms with Gasteiger partial charge in [0.2, 0.25) is 11.8 Å². The summed E-state index contributed by atoms with van der Waals surface area (Å²) < 4.78 is 10.1. The summed E-state index contributed by atoms with van der Waals surface area (Å²) in [6, 6.07) is 0. The van der Waals surface area contributed by atoms with Crippen LogP contribution >= 0.6 is 0 Å². The molecule has 18 nitrogen and oxygen atoms in total. The summed E-state index contributed by atoms with van der Waals surface area (Å²) in [6.45, 7) is -1.83. The summed E-state index contributed by atoms with van der Waals surface area (Å²) in [5, 5.41) is 36.2. The van der Waals surface area contributed by atoms with Crippen molar-refractivity contribution in [3.63, 3.8) is 0 Å². The van der Waals surface area contributed by atoms with Crippen LogP contribution in [0.2, 0.25) is 0 Å². The fourth-order valence-corrected chi connectivity index (χ4v) is 3.30. The van der Waals surface area contributed by atoms with Gasteiger partial charge in [0.25, 0.3) is 0 Å². The second-order valence-electron chi connectivity index (χ2n) is 8.77. The van der Waals surface area contributed by atoms with Crippen LogP contribution < -0.4 is 0 Å². The molecule has 0 saturated carbocycles. The molecule has 0 aromatic heterocycles. The van der Waals surface area contributed by atoms with Crippen LogP contribution in [0.5, 0.6) is 0 Å². The number of hydrogen-bond acceptors (Lipinski definition) is 12. The van der Waals surface area contributed by atoms with Crippen LogP contribution in [0.3, 0.4) is 0 Å². The Hall–Kier alpha value is -3.00. The number of carboxylic acids is 4. The predicted molar refractivity (Wildman–Crippen MR) is 139 cm³/mol. The van der Waals surface area contributed by atoms with Gasteiger partial charge in [-0.05, 0) is 0 Å². The van der Waals surface area contributed by atoms with Crippen molar-refractivity contribution in [3.8, 4) is 0 Å². The molecule has 0 fully saturated rings. The molecule has 0 aromatic rings. The minimum Gasteiger partial charge on any atom is -0.480 e. The van der Waals surface area contributed by atoms with Crippen molar-refractivity contribution in [2.45, 2.75) is 26.7 Å². The zero-order valence-electron chi connectivity index (χ0n) is 23.9. The van der Waals surface area contributed by atoms with Crippen LogP contribution in [0.25, 0.3) is 0 Å². The molecular weight excluding hydrogens is 726 g/mol. The number of amides is 2. The standard InChI is InChI=1S/C24H38N4O14.Gd/c1-3-23(39)41-9-7-25(11-17(29)27(13-19(31)32)14-20(33)34)5-6-26(8-10-42-24(40)4-2)12-18(30)28(15-21(35)36)16-22(37)38;/h3-16H2,1-2H3,(H,31,32)(H,33,34)(H,35,36)(H,37,38);. The van der Waals surface area contributed by atoms with Gasteiger partial charge in [0.05, 0.1) is 13.1 Å². The van der Waals surface area contributed by atoms with Gasteiger partial charge in [0.15, 0.2) is 0 Å². The van der Waals surface area contributed by atoms with E-state index in [0.29, 0.717) is 9.80 Å². The molecule has 0 aliphatic rings. The van der Waals surface area contributed by atoms with E-state index < -0.39 is 86.9 Å². The summed E-state index contributed by atoms with van der Waals surface area (Å²) in [7, 11) is 0. The average molecular weight is 764 g/mol.